The third-order valence-electron chi connectivity index (χ3n) is 4.99. The van der Waals surface area contributed by atoms with Crippen LogP contribution in [0.4, 0.5) is 0 Å². The molecule has 1 aliphatic carbocycles. The van der Waals surface area contributed by atoms with Crippen molar-refractivity contribution in [3.05, 3.63) is 0 Å². The molecule has 2 saturated heterocycles. The van der Waals surface area contributed by atoms with Gasteiger partial charge in [0.25, 0.3) is 0 Å². The lowest BCUT2D eigenvalue weighted by Crippen LogP contribution is -2.55. The van der Waals surface area contributed by atoms with Crippen LogP contribution in [0.3, 0.4) is 0 Å². The van der Waals surface area contributed by atoms with Crippen molar-refractivity contribution in [2.45, 2.75) is 37.8 Å². The summed E-state index contributed by atoms with van der Waals surface area (Å²) in [5.41, 5.74) is 0. The highest BCUT2D eigenvalue weighted by molar-refractivity contribution is 5.78. The smallest absolute Gasteiger partial charge is 0.236 e. The number of piperidine rings is 1. The van der Waals surface area contributed by atoms with Crippen LogP contribution in [-0.2, 0) is 4.79 Å². The summed E-state index contributed by atoms with van der Waals surface area (Å²) in [4.78, 5) is 19.2. The molecule has 1 N–H and O–H groups in total. The molecule has 0 aromatic rings. The Morgan fingerprint density at radius 2 is 1.65 bits per heavy atom. The van der Waals surface area contributed by atoms with Crippen LogP contribution >= 0.6 is 0 Å². The molecule has 0 aromatic heterocycles. The van der Waals surface area contributed by atoms with Gasteiger partial charge in [-0.2, -0.15) is 0 Å². The Kier molecular flexibility index (Phi) is 4.58. The Morgan fingerprint density at radius 3 is 2.25 bits per heavy atom. The zero-order chi connectivity index (χ0) is 13.9. The minimum Gasteiger partial charge on any atom is -0.339 e. The third kappa shape index (κ3) is 3.71. The van der Waals surface area contributed by atoms with E-state index >= 15 is 0 Å². The van der Waals surface area contributed by atoms with Crippen LogP contribution in [0.5, 0.6) is 0 Å². The van der Waals surface area contributed by atoms with Gasteiger partial charge >= 0.3 is 0 Å². The number of hydrogen-bond acceptors (Lipinski definition) is 4. The van der Waals surface area contributed by atoms with Crippen molar-refractivity contribution in [3.8, 4) is 0 Å². The molecule has 2 heterocycles. The van der Waals surface area contributed by atoms with Gasteiger partial charge in [-0.15, -0.1) is 0 Å². The molecule has 3 aliphatic rings. The normalized spacial score (nSPS) is 26.9. The maximum absolute atomic E-state index is 12.1. The first-order valence-electron chi connectivity index (χ1n) is 8.16. The van der Waals surface area contributed by atoms with Crippen molar-refractivity contribution in [2.24, 2.45) is 0 Å². The molecule has 0 radical (unpaired) electrons. The maximum Gasteiger partial charge on any atom is 0.236 e. The van der Waals surface area contributed by atoms with Crippen molar-refractivity contribution < 1.29 is 4.79 Å². The van der Waals surface area contributed by atoms with Crippen LogP contribution in [-0.4, -0.2) is 85.6 Å². The molecular weight excluding hydrogens is 252 g/mol. The van der Waals surface area contributed by atoms with Crippen LogP contribution in [0.25, 0.3) is 0 Å². The van der Waals surface area contributed by atoms with Gasteiger partial charge in [0.05, 0.1) is 6.54 Å². The lowest BCUT2D eigenvalue weighted by atomic mass is 10.0. The fraction of sp³-hybridized carbons (Fsp3) is 0.933. The summed E-state index contributed by atoms with van der Waals surface area (Å²) in [6.07, 6.45) is 5.07. The van der Waals surface area contributed by atoms with Gasteiger partial charge in [0.15, 0.2) is 0 Å². The first-order valence-corrected chi connectivity index (χ1v) is 8.16. The molecule has 5 heteroatoms. The van der Waals surface area contributed by atoms with Gasteiger partial charge in [0.1, 0.15) is 0 Å². The van der Waals surface area contributed by atoms with E-state index < -0.39 is 0 Å². The highest BCUT2D eigenvalue weighted by Gasteiger charge is 2.28. The number of nitrogens with zero attached hydrogens (tertiary/aromatic N) is 3. The number of hydrogen-bond donors (Lipinski definition) is 1. The van der Waals surface area contributed by atoms with E-state index in [0.29, 0.717) is 18.5 Å². The Hall–Kier alpha value is -0.650. The van der Waals surface area contributed by atoms with Gasteiger partial charge in [0.2, 0.25) is 5.91 Å². The highest BCUT2D eigenvalue weighted by atomic mass is 16.2. The molecule has 1 amide bonds. The number of nitrogens with one attached hydrogen (secondary N) is 1. The van der Waals surface area contributed by atoms with E-state index in [2.05, 4.69) is 22.2 Å². The molecule has 0 spiro atoms. The maximum atomic E-state index is 12.1. The third-order valence-corrected chi connectivity index (χ3v) is 4.99. The van der Waals surface area contributed by atoms with Gasteiger partial charge in [-0.05, 0) is 45.8 Å². The predicted molar refractivity (Wildman–Crippen MR) is 79.7 cm³/mol. The standard InChI is InChI=1S/C15H28N4O/c1-17-6-4-14(5-7-17)18-8-10-19(11-9-18)15(20)12-16-13-2-3-13/h13-14,16H,2-12H2,1H3. The minimum absolute atomic E-state index is 0.292. The molecule has 5 nitrogen and oxygen atoms in total. The Bertz CT molecular complexity index is 329. The van der Waals surface area contributed by atoms with E-state index in [4.69, 9.17) is 0 Å². The van der Waals surface area contributed by atoms with E-state index in [1.807, 2.05) is 4.90 Å². The zero-order valence-electron chi connectivity index (χ0n) is 12.7. The molecule has 3 fully saturated rings. The van der Waals surface area contributed by atoms with Crippen molar-refractivity contribution in [1.29, 1.82) is 0 Å². The van der Waals surface area contributed by atoms with Crippen molar-refractivity contribution in [3.63, 3.8) is 0 Å². The summed E-state index contributed by atoms with van der Waals surface area (Å²) in [5, 5.41) is 3.32. The average molecular weight is 280 g/mol. The molecular formula is C15H28N4O. The van der Waals surface area contributed by atoms with Gasteiger partial charge < -0.3 is 15.1 Å². The van der Waals surface area contributed by atoms with E-state index in [1.165, 1.54) is 38.8 Å². The fourth-order valence-electron chi connectivity index (χ4n) is 3.33. The van der Waals surface area contributed by atoms with Crippen molar-refractivity contribution in [2.75, 3.05) is 52.9 Å². The number of amides is 1. The summed E-state index contributed by atoms with van der Waals surface area (Å²) in [5.74, 6) is 0.292. The summed E-state index contributed by atoms with van der Waals surface area (Å²) < 4.78 is 0. The van der Waals surface area contributed by atoms with Crippen LogP contribution in [0.2, 0.25) is 0 Å². The predicted octanol–water partition coefficient (Wildman–Crippen LogP) is -0.0232. The quantitative estimate of drug-likeness (QED) is 0.785. The lowest BCUT2D eigenvalue weighted by molar-refractivity contribution is -0.132. The SMILES string of the molecule is CN1CCC(N2CCN(C(=O)CNC3CC3)CC2)CC1. The average Bonchev–Trinajstić information content (AvgIpc) is 3.30. The van der Waals surface area contributed by atoms with Crippen LogP contribution in [0.15, 0.2) is 0 Å². The second-order valence-corrected chi connectivity index (χ2v) is 6.61. The van der Waals surface area contributed by atoms with Crippen LogP contribution in [0.1, 0.15) is 25.7 Å². The van der Waals surface area contributed by atoms with E-state index in [1.54, 1.807) is 0 Å². The second kappa shape index (κ2) is 6.41. The Balaban J connectivity index is 1.38. The van der Waals surface area contributed by atoms with Crippen LogP contribution in [0, 0.1) is 0 Å². The van der Waals surface area contributed by atoms with Gasteiger partial charge in [-0.25, -0.2) is 0 Å². The highest BCUT2D eigenvalue weighted by Crippen LogP contribution is 2.19. The molecule has 0 bridgehead atoms. The number of likely N-dealkylation sites (tertiary alicyclic amines) is 1. The summed E-state index contributed by atoms with van der Waals surface area (Å²) in [6.45, 7) is 6.92. The van der Waals surface area contributed by atoms with Crippen LogP contribution < -0.4 is 5.32 Å². The largest absolute Gasteiger partial charge is 0.339 e. The summed E-state index contributed by atoms with van der Waals surface area (Å²) >= 11 is 0. The minimum atomic E-state index is 0.292. The summed E-state index contributed by atoms with van der Waals surface area (Å²) in [6, 6.07) is 1.37. The molecule has 0 atom stereocenters. The van der Waals surface area contributed by atoms with Crippen molar-refractivity contribution >= 4 is 5.91 Å². The topological polar surface area (TPSA) is 38.8 Å². The van der Waals surface area contributed by atoms with E-state index in [-0.39, 0.29) is 0 Å². The first kappa shape index (κ1) is 14.3. The molecule has 114 valence electrons. The Labute approximate surface area is 122 Å². The summed E-state index contributed by atoms with van der Waals surface area (Å²) in [7, 11) is 2.21. The van der Waals surface area contributed by atoms with Gasteiger partial charge in [-0.1, -0.05) is 0 Å². The molecule has 0 unspecified atom stereocenters. The number of carbonyl (C=O) groups excluding carboxylic acids is 1. The van der Waals surface area contributed by atoms with Gasteiger partial charge in [0, 0.05) is 38.3 Å². The lowest BCUT2D eigenvalue weighted by Gasteiger charge is -2.42. The molecule has 2 aliphatic heterocycles. The second-order valence-electron chi connectivity index (χ2n) is 6.61. The monoisotopic (exact) mass is 280 g/mol. The van der Waals surface area contributed by atoms with E-state index in [0.717, 1.165) is 32.2 Å². The fourth-order valence-corrected chi connectivity index (χ4v) is 3.33. The number of piperazine rings is 1. The van der Waals surface area contributed by atoms with Crippen molar-refractivity contribution in [1.82, 2.24) is 20.0 Å². The molecule has 20 heavy (non-hydrogen) atoms. The molecule has 3 rings (SSSR count). The first-order chi connectivity index (χ1) is 9.72. The molecule has 1 saturated carbocycles. The Morgan fingerprint density at radius 1 is 1.00 bits per heavy atom. The number of rotatable bonds is 4. The molecule has 0 aromatic carbocycles. The zero-order valence-corrected chi connectivity index (χ0v) is 12.7. The van der Waals surface area contributed by atoms with E-state index in [9.17, 15) is 4.79 Å². The number of carbonyl (C=O) groups is 1. The van der Waals surface area contributed by atoms with Gasteiger partial charge in [-0.3, -0.25) is 9.69 Å².